The molecule has 0 radical (unpaired) electrons. The van der Waals surface area contributed by atoms with Gasteiger partial charge in [-0.25, -0.2) is 0 Å². The minimum atomic E-state index is -0.219. The molecule has 0 saturated carbocycles. The van der Waals surface area contributed by atoms with Crippen molar-refractivity contribution in [1.82, 2.24) is 4.90 Å². The number of ether oxygens (including phenoxy) is 1. The fraction of sp³-hybridized carbons (Fsp3) is 0.364. The van der Waals surface area contributed by atoms with E-state index in [1.165, 1.54) is 0 Å². The Bertz CT molecular complexity index is 1420. The van der Waals surface area contributed by atoms with Gasteiger partial charge in [0.2, 0.25) is 5.91 Å². The highest BCUT2D eigenvalue weighted by molar-refractivity contribution is 6.30. The Morgan fingerprint density at radius 2 is 1.60 bits per heavy atom. The number of piperazine rings is 1. The molecule has 1 saturated heterocycles. The lowest BCUT2D eigenvalue weighted by Crippen LogP contribution is -2.48. The minimum absolute atomic E-state index is 0.0681. The number of hydrogen-bond acceptors (Lipinski definition) is 6. The molecule has 42 heavy (non-hydrogen) atoms. The van der Waals surface area contributed by atoms with Crippen LogP contribution in [0.4, 0.5) is 17.1 Å². The van der Waals surface area contributed by atoms with Crippen LogP contribution in [0.5, 0.6) is 0 Å². The molecule has 2 atom stereocenters. The molecule has 0 bridgehead atoms. The number of nitrogens with zero attached hydrogens (tertiary/aromatic N) is 4. The van der Waals surface area contributed by atoms with Crippen LogP contribution in [0.2, 0.25) is 5.02 Å². The van der Waals surface area contributed by atoms with Crippen molar-refractivity contribution in [3.8, 4) is 0 Å². The van der Waals surface area contributed by atoms with E-state index in [9.17, 15) is 14.4 Å². The summed E-state index contributed by atoms with van der Waals surface area (Å²) in [5.74, 6) is -0.325. The molecule has 1 fully saturated rings. The number of rotatable bonds is 7. The molecule has 0 N–H and O–H groups in total. The van der Waals surface area contributed by atoms with Crippen LogP contribution >= 0.6 is 11.6 Å². The first-order valence-corrected chi connectivity index (χ1v) is 14.9. The zero-order valence-corrected chi connectivity index (χ0v) is 25.1. The van der Waals surface area contributed by atoms with E-state index in [1.54, 1.807) is 24.0 Å². The maximum Gasteiger partial charge on any atom is 0.320 e. The molecule has 0 aliphatic carbocycles. The summed E-state index contributed by atoms with van der Waals surface area (Å²) < 4.78 is 5.07. The molecule has 0 aromatic heterocycles. The number of hydrogen-bond donors (Lipinski definition) is 0. The van der Waals surface area contributed by atoms with Gasteiger partial charge in [0, 0.05) is 66.8 Å². The Kier molecular flexibility index (Phi) is 9.14. The van der Waals surface area contributed by atoms with Gasteiger partial charge in [-0.3, -0.25) is 19.3 Å². The maximum atomic E-state index is 13.9. The predicted octanol–water partition coefficient (Wildman–Crippen LogP) is 5.56. The first-order valence-electron chi connectivity index (χ1n) is 14.5. The third kappa shape index (κ3) is 6.30. The van der Waals surface area contributed by atoms with Crippen LogP contribution in [-0.2, 0) is 14.3 Å². The van der Waals surface area contributed by atoms with E-state index in [-0.39, 0.29) is 29.9 Å². The molecule has 2 heterocycles. The van der Waals surface area contributed by atoms with Crippen molar-refractivity contribution in [1.29, 1.82) is 0 Å². The summed E-state index contributed by atoms with van der Waals surface area (Å²) in [5, 5.41) is 0.610. The molecule has 0 spiro atoms. The second kappa shape index (κ2) is 13.0. The molecule has 9 heteroatoms. The molecule has 5 rings (SSSR count). The summed E-state index contributed by atoms with van der Waals surface area (Å²) in [4.78, 5) is 46.7. The van der Waals surface area contributed by atoms with E-state index in [1.807, 2.05) is 79.4 Å². The van der Waals surface area contributed by atoms with E-state index in [2.05, 4.69) is 9.80 Å². The van der Waals surface area contributed by atoms with Crippen LogP contribution < -0.4 is 14.7 Å². The standard InChI is InChI=1S/C33H37ClN4O4/c1-4-42-32(40)22-35-17-19-36(20-18-35)27-13-9-25(10-14-27)33(41)37-23(2)21-31(29-7-5-6-8-30(29)37)38(24(3)39)28-15-11-26(34)12-16-28/h5-16,23,31H,4,17-22H2,1-3H3/t23-,31+/m0/s1. The Balaban J connectivity index is 1.33. The lowest BCUT2D eigenvalue weighted by molar-refractivity contribution is -0.144. The number of para-hydroxylation sites is 1. The van der Waals surface area contributed by atoms with E-state index in [0.717, 1.165) is 48.8 Å². The van der Waals surface area contributed by atoms with Crippen molar-refractivity contribution in [2.24, 2.45) is 0 Å². The average Bonchev–Trinajstić information content (AvgIpc) is 2.98. The molecule has 0 unspecified atom stereocenters. The minimum Gasteiger partial charge on any atom is -0.465 e. The Morgan fingerprint density at radius 3 is 2.24 bits per heavy atom. The van der Waals surface area contributed by atoms with E-state index >= 15 is 0 Å². The first kappa shape index (κ1) is 29.6. The fourth-order valence-electron chi connectivity index (χ4n) is 6.03. The van der Waals surface area contributed by atoms with E-state index < -0.39 is 0 Å². The highest BCUT2D eigenvalue weighted by Crippen LogP contribution is 2.43. The van der Waals surface area contributed by atoms with Gasteiger partial charge in [0.1, 0.15) is 0 Å². The highest BCUT2D eigenvalue weighted by atomic mass is 35.5. The molecule has 2 aliphatic rings. The van der Waals surface area contributed by atoms with Crippen LogP contribution in [-0.4, -0.2) is 68.1 Å². The van der Waals surface area contributed by atoms with Gasteiger partial charge in [0.25, 0.3) is 5.91 Å². The zero-order valence-electron chi connectivity index (χ0n) is 24.3. The smallest absolute Gasteiger partial charge is 0.320 e. The van der Waals surface area contributed by atoms with Crippen LogP contribution in [0.15, 0.2) is 72.8 Å². The molecule has 8 nitrogen and oxygen atoms in total. The molecular weight excluding hydrogens is 552 g/mol. The predicted molar refractivity (Wildman–Crippen MR) is 166 cm³/mol. The van der Waals surface area contributed by atoms with Crippen LogP contribution in [0.3, 0.4) is 0 Å². The molecule has 2 amide bonds. The zero-order chi connectivity index (χ0) is 29.8. The molecule has 2 aliphatic heterocycles. The third-order valence-electron chi connectivity index (χ3n) is 8.04. The Labute approximate surface area is 252 Å². The highest BCUT2D eigenvalue weighted by Gasteiger charge is 2.38. The van der Waals surface area contributed by atoms with Crippen molar-refractivity contribution in [2.75, 3.05) is 54.0 Å². The SMILES string of the molecule is CCOC(=O)CN1CCN(c2ccc(C(=O)N3c4ccccc4[C@H](N(C(C)=O)c4ccc(Cl)cc4)C[C@@H]3C)cc2)CC1. The van der Waals surface area contributed by atoms with Gasteiger partial charge in [-0.05, 0) is 80.4 Å². The number of amides is 2. The third-order valence-corrected chi connectivity index (χ3v) is 8.30. The summed E-state index contributed by atoms with van der Waals surface area (Å²) in [7, 11) is 0. The molecule has 3 aromatic rings. The Morgan fingerprint density at radius 1 is 0.929 bits per heavy atom. The van der Waals surface area contributed by atoms with Crippen LogP contribution in [0.1, 0.15) is 49.2 Å². The number of fused-ring (bicyclic) bond motifs is 1. The van der Waals surface area contributed by atoms with E-state index in [4.69, 9.17) is 16.3 Å². The maximum absolute atomic E-state index is 13.9. The lowest BCUT2D eigenvalue weighted by Gasteiger charge is -2.43. The largest absolute Gasteiger partial charge is 0.465 e. The lowest BCUT2D eigenvalue weighted by atomic mass is 9.89. The average molecular weight is 589 g/mol. The second-order valence-electron chi connectivity index (χ2n) is 10.8. The van der Waals surface area contributed by atoms with Crippen molar-refractivity contribution in [3.05, 3.63) is 88.9 Å². The quantitative estimate of drug-likeness (QED) is 0.337. The van der Waals surface area contributed by atoms with Gasteiger partial charge >= 0.3 is 5.97 Å². The molecule has 3 aromatic carbocycles. The monoisotopic (exact) mass is 588 g/mol. The van der Waals surface area contributed by atoms with E-state index in [0.29, 0.717) is 30.2 Å². The van der Waals surface area contributed by atoms with Crippen molar-refractivity contribution in [3.63, 3.8) is 0 Å². The number of carbonyl (C=O) groups excluding carboxylic acids is 3. The number of carbonyl (C=O) groups is 3. The first-order chi connectivity index (χ1) is 20.3. The van der Waals surface area contributed by atoms with Crippen LogP contribution in [0, 0.1) is 0 Å². The number of halogens is 1. The topological polar surface area (TPSA) is 73.4 Å². The molecule has 220 valence electrons. The van der Waals surface area contributed by atoms with Gasteiger partial charge in [-0.1, -0.05) is 29.8 Å². The van der Waals surface area contributed by atoms with Crippen molar-refractivity contribution < 1.29 is 19.1 Å². The van der Waals surface area contributed by atoms with Gasteiger partial charge in [0.15, 0.2) is 0 Å². The van der Waals surface area contributed by atoms with Gasteiger partial charge in [-0.2, -0.15) is 0 Å². The summed E-state index contributed by atoms with van der Waals surface area (Å²) in [6.45, 7) is 9.27. The number of esters is 1. The van der Waals surface area contributed by atoms with Gasteiger partial charge in [-0.15, -0.1) is 0 Å². The van der Waals surface area contributed by atoms with Crippen molar-refractivity contribution in [2.45, 2.75) is 39.3 Å². The number of benzene rings is 3. The number of anilines is 3. The second-order valence-corrected chi connectivity index (χ2v) is 11.3. The van der Waals surface area contributed by atoms with Crippen molar-refractivity contribution >= 4 is 46.4 Å². The van der Waals surface area contributed by atoms with Crippen LogP contribution in [0.25, 0.3) is 0 Å². The fourth-order valence-corrected chi connectivity index (χ4v) is 6.15. The normalized spacial score (nSPS) is 18.8. The summed E-state index contributed by atoms with van der Waals surface area (Å²) in [5.41, 5.74) is 4.19. The molecular formula is C33H37ClN4O4. The summed E-state index contributed by atoms with van der Waals surface area (Å²) >= 11 is 6.12. The summed E-state index contributed by atoms with van der Waals surface area (Å²) in [6, 6.07) is 22.5. The van der Waals surface area contributed by atoms with Gasteiger partial charge in [0.05, 0.1) is 19.2 Å². The Hall–Kier alpha value is -3.88. The van der Waals surface area contributed by atoms with Gasteiger partial charge < -0.3 is 19.4 Å². The summed E-state index contributed by atoms with van der Waals surface area (Å²) in [6.07, 6.45) is 0.596.